The maximum absolute atomic E-state index is 12.0. The van der Waals surface area contributed by atoms with Crippen molar-refractivity contribution in [3.05, 3.63) is 23.9 Å². The van der Waals surface area contributed by atoms with Gasteiger partial charge in [0, 0.05) is 19.8 Å². The van der Waals surface area contributed by atoms with E-state index in [1.54, 1.807) is 0 Å². The number of nitrogen functional groups attached to an aromatic ring is 1. The summed E-state index contributed by atoms with van der Waals surface area (Å²) >= 11 is 0. The lowest BCUT2D eigenvalue weighted by Gasteiger charge is -2.18. The van der Waals surface area contributed by atoms with Gasteiger partial charge in [0.25, 0.3) is 5.91 Å². The van der Waals surface area contributed by atoms with Crippen molar-refractivity contribution in [2.45, 2.75) is 12.6 Å². The van der Waals surface area contributed by atoms with Gasteiger partial charge in [-0.25, -0.2) is 10.8 Å². The van der Waals surface area contributed by atoms with E-state index in [1.807, 2.05) is 0 Å². The molecule has 0 fully saturated rings. The van der Waals surface area contributed by atoms with Crippen LogP contribution in [0.5, 0.6) is 0 Å². The van der Waals surface area contributed by atoms with Crippen molar-refractivity contribution < 1.29 is 18.0 Å². The molecule has 0 aliphatic rings. The van der Waals surface area contributed by atoms with E-state index in [-0.39, 0.29) is 12.1 Å². The van der Waals surface area contributed by atoms with E-state index in [1.165, 1.54) is 25.4 Å². The van der Waals surface area contributed by atoms with Crippen LogP contribution in [0.2, 0.25) is 0 Å². The van der Waals surface area contributed by atoms with Gasteiger partial charge in [-0.1, -0.05) is 0 Å². The van der Waals surface area contributed by atoms with Crippen LogP contribution in [0.4, 0.5) is 19.0 Å². The predicted octanol–water partition coefficient (Wildman–Crippen LogP) is 1.39. The Labute approximate surface area is 102 Å². The Morgan fingerprint density at radius 1 is 1.50 bits per heavy atom. The summed E-state index contributed by atoms with van der Waals surface area (Å²) in [6.45, 7) is -0.390. The van der Waals surface area contributed by atoms with Crippen LogP contribution >= 0.6 is 0 Å². The van der Waals surface area contributed by atoms with E-state index in [2.05, 4.69) is 10.4 Å². The number of hydrogen-bond donors (Lipinski definition) is 2. The number of nitrogens with two attached hydrogens (primary N) is 1. The average Bonchev–Trinajstić information content (AvgIpc) is 2.34. The first-order valence-electron chi connectivity index (χ1n) is 5.08. The number of hydrazine groups is 1. The minimum absolute atomic E-state index is 0.207. The lowest BCUT2D eigenvalue weighted by atomic mass is 10.2. The molecule has 1 heterocycles. The third kappa shape index (κ3) is 4.21. The van der Waals surface area contributed by atoms with Gasteiger partial charge < -0.3 is 10.3 Å². The second-order valence-electron chi connectivity index (χ2n) is 3.67. The first-order valence-corrected chi connectivity index (χ1v) is 5.08. The molecule has 1 aromatic heterocycles. The van der Waals surface area contributed by atoms with E-state index in [0.29, 0.717) is 5.82 Å². The van der Waals surface area contributed by atoms with Crippen LogP contribution in [0.3, 0.4) is 0 Å². The molecule has 0 radical (unpaired) electrons. The van der Waals surface area contributed by atoms with Gasteiger partial charge in [-0.2, -0.15) is 13.2 Å². The zero-order chi connectivity index (χ0) is 13.8. The normalized spacial score (nSPS) is 11.2. The number of amides is 1. The quantitative estimate of drug-likeness (QED) is 0.635. The van der Waals surface area contributed by atoms with Gasteiger partial charge >= 0.3 is 6.18 Å². The minimum Gasteiger partial charge on any atom is -0.341 e. The van der Waals surface area contributed by atoms with Crippen molar-refractivity contribution >= 4 is 11.7 Å². The summed E-state index contributed by atoms with van der Waals surface area (Å²) in [4.78, 5) is 16.5. The van der Waals surface area contributed by atoms with Crippen LogP contribution in [0.25, 0.3) is 0 Å². The number of nitrogens with one attached hydrogen (secondary N) is 1. The molecule has 0 spiro atoms. The van der Waals surface area contributed by atoms with Crippen LogP contribution in [0.1, 0.15) is 16.8 Å². The fourth-order valence-electron chi connectivity index (χ4n) is 1.22. The Balaban J connectivity index is 2.62. The van der Waals surface area contributed by atoms with Crippen LogP contribution in [0.15, 0.2) is 18.3 Å². The topological polar surface area (TPSA) is 71.2 Å². The number of anilines is 1. The molecular weight excluding hydrogens is 249 g/mol. The molecule has 1 amide bonds. The largest absolute Gasteiger partial charge is 0.390 e. The molecular formula is C10H13F3N4O. The monoisotopic (exact) mass is 262 g/mol. The number of alkyl halides is 3. The number of carbonyl (C=O) groups excluding carboxylic acids is 1. The molecule has 0 saturated heterocycles. The zero-order valence-corrected chi connectivity index (χ0v) is 9.66. The van der Waals surface area contributed by atoms with Crippen molar-refractivity contribution in [2.24, 2.45) is 5.84 Å². The van der Waals surface area contributed by atoms with Gasteiger partial charge in [0.05, 0.1) is 12.0 Å². The van der Waals surface area contributed by atoms with Gasteiger partial charge in [0.2, 0.25) is 0 Å². The number of carbonyl (C=O) groups is 1. The van der Waals surface area contributed by atoms with Gasteiger partial charge in [-0.05, 0) is 12.1 Å². The van der Waals surface area contributed by atoms with Crippen molar-refractivity contribution in [1.82, 2.24) is 9.88 Å². The predicted molar refractivity (Wildman–Crippen MR) is 59.7 cm³/mol. The average molecular weight is 262 g/mol. The van der Waals surface area contributed by atoms with E-state index in [0.717, 1.165) is 4.90 Å². The number of nitrogens with zero attached hydrogens (tertiary/aromatic N) is 2. The van der Waals surface area contributed by atoms with Gasteiger partial charge in [-0.15, -0.1) is 0 Å². The van der Waals surface area contributed by atoms with Crippen LogP contribution < -0.4 is 11.3 Å². The second kappa shape index (κ2) is 5.67. The van der Waals surface area contributed by atoms with Crippen LogP contribution in [-0.4, -0.2) is 35.6 Å². The molecule has 0 aliphatic heterocycles. The van der Waals surface area contributed by atoms with Crippen molar-refractivity contribution in [3.63, 3.8) is 0 Å². The van der Waals surface area contributed by atoms with Crippen molar-refractivity contribution in [3.8, 4) is 0 Å². The molecule has 3 N–H and O–H groups in total. The third-order valence-corrected chi connectivity index (χ3v) is 2.24. The standard InChI is InChI=1S/C10H13F3N4O/c1-17(5-4-10(11,12)13)9(18)7-2-3-8(16-14)15-6-7/h2-3,6H,4-5,14H2,1H3,(H,15,16). The fourth-order valence-corrected chi connectivity index (χ4v) is 1.22. The number of hydrogen-bond acceptors (Lipinski definition) is 4. The summed E-state index contributed by atoms with van der Waals surface area (Å²) < 4.78 is 36.0. The molecule has 0 unspecified atom stereocenters. The molecule has 0 aliphatic carbocycles. The minimum atomic E-state index is -4.28. The Hall–Kier alpha value is -1.83. The number of pyridine rings is 1. The smallest absolute Gasteiger partial charge is 0.341 e. The molecule has 0 atom stereocenters. The first kappa shape index (κ1) is 14.2. The van der Waals surface area contributed by atoms with E-state index >= 15 is 0 Å². The molecule has 18 heavy (non-hydrogen) atoms. The van der Waals surface area contributed by atoms with Crippen molar-refractivity contribution in [2.75, 3.05) is 19.0 Å². The number of aromatic nitrogens is 1. The highest BCUT2D eigenvalue weighted by molar-refractivity contribution is 5.93. The van der Waals surface area contributed by atoms with Crippen LogP contribution in [0, 0.1) is 0 Å². The Morgan fingerprint density at radius 2 is 2.17 bits per heavy atom. The number of rotatable bonds is 4. The summed E-state index contributed by atoms with van der Waals surface area (Å²) in [5.41, 5.74) is 2.49. The zero-order valence-electron chi connectivity index (χ0n) is 9.66. The highest BCUT2D eigenvalue weighted by Crippen LogP contribution is 2.19. The SMILES string of the molecule is CN(CCC(F)(F)F)C(=O)c1ccc(NN)nc1. The molecule has 1 aromatic rings. The summed E-state index contributed by atoms with van der Waals surface area (Å²) in [5.74, 6) is 4.95. The van der Waals surface area contributed by atoms with Crippen LogP contribution in [-0.2, 0) is 0 Å². The van der Waals surface area contributed by atoms with E-state index < -0.39 is 18.5 Å². The molecule has 8 heteroatoms. The molecule has 100 valence electrons. The van der Waals surface area contributed by atoms with Gasteiger partial charge in [-0.3, -0.25) is 4.79 Å². The Morgan fingerprint density at radius 3 is 2.61 bits per heavy atom. The molecule has 5 nitrogen and oxygen atoms in total. The van der Waals surface area contributed by atoms with E-state index in [9.17, 15) is 18.0 Å². The molecule has 0 saturated carbocycles. The van der Waals surface area contributed by atoms with Gasteiger partial charge in [0.1, 0.15) is 5.82 Å². The van der Waals surface area contributed by atoms with Gasteiger partial charge in [0.15, 0.2) is 0 Å². The van der Waals surface area contributed by atoms with E-state index in [4.69, 9.17) is 5.84 Å². The molecule has 1 rings (SSSR count). The Bertz CT molecular complexity index is 405. The summed E-state index contributed by atoms with van der Waals surface area (Å²) in [7, 11) is 1.31. The fraction of sp³-hybridized carbons (Fsp3) is 0.400. The highest BCUT2D eigenvalue weighted by atomic mass is 19.4. The maximum atomic E-state index is 12.0. The molecule has 0 bridgehead atoms. The lowest BCUT2D eigenvalue weighted by molar-refractivity contribution is -0.136. The number of halogens is 3. The summed E-state index contributed by atoms with van der Waals surface area (Å²) in [5, 5.41) is 0. The third-order valence-electron chi connectivity index (χ3n) is 2.24. The highest BCUT2D eigenvalue weighted by Gasteiger charge is 2.28. The first-order chi connectivity index (χ1) is 8.33. The second-order valence-corrected chi connectivity index (χ2v) is 3.67. The molecule has 0 aromatic carbocycles. The maximum Gasteiger partial charge on any atom is 0.390 e. The van der Waals surface area contributed by atoms with Crippen molar-refractivity contribution in [1.29, 1.82) is 0 Å². The Kier molecular flexibility index (Phi) is 4.49. The summed E-state index contributed by atoms with van der Waals surface area (Å²) in [6.07, 6.45) is -4.06. The summed E-state index contributed by atoms with van der Waals surface area (Å²) in [6, 6.07) is 2.90. The lowest BCUT2D eigenvalue weighted by Crippen LogP contribution is -2.30.